The van der Waals surface area contributed by atoms with Crippen molar-refractivity contribution in [3.8, 4) is 11.5 Å². The molecule has 1 aliphatic heterocycles. The summed E-state index contributed by atoms with van der Waals surface area (Å²) in [6.07, 6.45) is 6.43. The number of nitrogens with one attached hydrogen (secondary N) is 1. The van der Waals surface area contributed by atoms with Crippen LogP contribution in [-0.2, 0) is 6.54 Å². The van der Waals surface area contributed by atoms with Crippen molar-refractivity contribution in [2.24, 2.45) is 5.92 Å². The first kappa shape index (κ1) is 28.3. The Labute approximate surface area is 245 Å². The number of likely N-dealkylation sites (tertiary alicyclic amines) is 1. The fourth-order valence-corrected chi connectivity index (χ4v) is 5.74. The van der Waals surface area contributed by atoms with Gasteiger partial charge in [0, 0.05) is 23.8 Å². The van der Waals surface area contributed by atoms with Gasteiger partial charge in [0.25, 0.3) is 5.91 Å². The molecule has 3 aromatic carbocycles. The molecule has 0 unspecified atom stereocenters. The summed E-state index contributed by atoms with van der Waals surface area (Å²) in [7, 11) is 1.66. The van der Waals surface area contributed by atoms with Crippen molar-refractivity contribution in [2.75, 3.05) is 38.7 Å². The number of rotatable bonds is 11. The number of hydrogen-bond donors (Lipinski definition) is 1. The SMILES string of the molecule is COc1cccc2c(C(=O)Nc3ccc(Cl)c(Cl)c3)cn(CCCN3CCC(CCOc4ccccc4)CC3)c12. The number of amides is 1. The Morgan fingerprint density at radius 3 is 2.52 bits per heavy atom. The molecule has 2 heterocycles. The summed E-state index contributed by atoms with van der Waals surface area (Å²) in [5.41, 5.74) is 2.12. The highest BCUT2D eigenvalue weighted by Gasteiger charge is 2.21. The molecule has 5 rings (SSSR count). The van der Waals surface area contributed by atoms with Crippen LogP contribution in [-0.4, -0.2) is 48.7 Å². The van der Waals surface area contributed by atoms with E-state index in [2.05, 4.69) is 14.8 Å². The van der Waals surface area contributed by atoms with Crippen LogP contribution in [0.15, 0.2) is 72.9 Å². The van der Waals surface area contributed by atoms with Gasteiger partial charge in [-0.15, -0.1) is 0 Å². The molecule has 0 atom stereocenters. The van der Waals surface area contributed by atoms with Gasteiger partial charge in [0.05, 0.1) is 34.8 Å². The largest absolute Gasteiger partial charge is 0.495 e. The summed E-state index contributed by atoms with van der Waals surface area (Å²) in [4.78, 5) is 15.8. The number of piperidine rings is 1. The van der Waals surface area contributed by atoms with Crippen molar-refractivity contribution in [3.05, 3.63) is 88.5 Å². The number of ether oxygens (including phenoxy) is 2. The average Bonchev–Trinajstić information content (AvgIpc) is 3.35. The molecule has 1 saturated heterocycles. The molecule has 1 N–H and O–H groups in total. The van der Waals surface area contributed by atoms with Crippen LogP contribution in [0.25, 0.3) is 10.9 Å². The fourth-order valence-electron chi connectivity index (χ4n) is 5.44. The molecular weight excluding hydrogens is 545 g/mol. The smallest absolute Gasteiger partial charge is 0.257 e. The number of aryl methyl sites for hydroxylation is 1. The Balaban J connectivity index is 1.16. The van der Waals surface area contributed by atoms with Gasteiger partial charge >= 0.3 is 0 Å². The Bertz CT molecular complexity index is 1430. The maximum Gasteiger partial charge on any atom is 0.257 e. The minimum absolute atomic E-state index is 0.200. The second kappa shape index (κ2) is 13.4. The highest BCUT2D eigenvalue weighted by atomic mass is 35.5. The molecule has 40 heavy (non-hydrogen) atoms. The van der Waals surface area contributed by atoms with E-state index in [1.54, 1.807) is 25.3 Å². The Morgan fingerprint density at radius 1 is 0.975 bits per heavy atom. The number of para-hydroxylation sites is 2. The third-order valence-corrected chi connectivity index (χ3v) is 8.36. The molecule has 0 radical (unpaired) electrons. The normalized spacial score (nSPS) is 14.4. The number of aromatic nitrogens is 1. The second-order valence-corrected chi connectivity index (χ2v) is 11.1. The molecule has 1 aromatic heterocycles. The molecule has 210 valence electrons. The number of hydrogen-bond acceptors (Lipinski definition) is 4. The van der Waals surface area contributed by atoms with Crippen LogP contribution in [0.3, 0.4) is 0 Å². The van der Waals surface area contributed by atoms with Gasteiger partial charge in [0.1, 0.15) is 11.5 Å². The minimum Gasteiger partial charge on any atom is -0.495 e. The summed E-state index contributed by atoms with van der Waals surface area (Å²) < 4.78 is 13.7. The first-order valence-corrected chi connectivity index (χ1v) is 14.6. The van der Waals surface area contributed by atoms with Gasteiger partial charge in [-0.3, -0.25) is 4.79 Å². The molecule has 8 heteroatoms. The van der Waals surface area contributed by atoms with Gasteiger partial charge in [-0.25, -0.2) is 0 Å². The van der Waals surface area contributed by atoms with E-state index in [1.807, 2.05) is 54.7 Å². The van der Waals surface area contributed by atoms with Crippen molar-refractivity contribution in [1.82, 2.24) is 9.47 Å². The zero-order valence-electron chi connectivity index (χ0n) is 22.7. The number of fused-ring (bicyclic) bond motifs is 1. The third-order valence-electron chi connectivity index (χ3n) is 7.62. The van der Waals surface area contributed by atoms with Gasteiger partial charge in [0.15, 0.2) is 0 Å². The van der Waals surface area contributed by atoms with Crippen LogP contribution in [0, 0.1) is 5.92 Å². The molecule has 6 nitrogen and oxygen atoms in total. The lowest BCUT2D eigenvalue weighted by Crippen LogP contribution is -2.35. The van der Waals surface area contributed by atoms with Crippen molar-refractivity contribution < 1.29 is 14.3 Å². The lowest BCUT2D eigenvalue weighted by molar-refractivity contribution is 0.102. The molecule has 0 saturated carbocycles. The van der Waals surface area contributed by atoms with E-state index in [-0.39, 0.29) is 5.91 Å². The van der Waals surface area contributed by atoms with Gasteiger partial charge in [-0.1, -0.05) is 53.5 Å². The quantitative estimate of drug-likeness (QED) is 0.197. The zero-order chi connectivity index (χ0) is 27.9. The molecule has 1 amide bonds. The van der Waals surface area contributed by atoms with E-state index >= 15 is 0 Å². The Kier molecular flexibility index (Phi) is 9.53. The Morgan fingerprint density at radius 2 is 1.77 bits per heavy atom. The van der Waals surface area contributed by atoms with Crippen LogP contribution in [0.1, 0.15) is 36.0 Å². The number of anilines is 1. The number of carbonyl (C=O) groups excluding carboxylic acids is 1. The number of benzene rings is 3. The lowest BCUT2D eigenvalue weighted by Gasteiger charge is -2.32. The van der Waals surface area contributed by atoms with Crippen molar-refractivity contribution in [2.45, 2.75) is 32.2 Å². The molecule has 1 aliphatic rings. The molecule has 0 spiro atoms. The Hall–Kier alpha value is -3.19. The minimum atomic E-state index is -0.200. The van der Waals surface area contributed by atoms with E-state index in [1.165, 1.54) is 12.8 Å². The van der Waals surface area contributed by atoms with E-state index in [4.69, 9.17) is 32.7 Å². The van der Waals surface area contributed by atoms with E-state index in [0.29, 0.717) is 27.2 Å². The standard InChI is InChI=1S/C32H35Cl2N3O3/c1-39-30-10-5-9-26-27(32(38)35-24-11-12-28(33)29(34)21-24)22-37(31(26)30)17-6-16-36-18-13-23(14-19-36)15-20-40-25-7-3-2-4-8-25/h2-5,7-12,21-23H,6,13-20H2,1H3,(H,35,38). The van der Waals surface area contributed by atoms with Crippen molar-refractivity contribution >= 4 is 45.7 Å². The highest BCUT2D eigenvalue weighted by molar-refractivity contribution is 6.42. The monoisotopic (exact) mass is 579 g/mol. The predicted octanol–water partition coefficient (Wildman–Crippen LogP) is 7.78. The molecule has 4 aromatic rings. The van der Waals surface area contributed by atoms with Gasteiger partial charge in [-0.05, 0) is 87.6 Å². The second-order valence-electron chi connectivity index (χ2n) is 10.3. The molecular formula is C32H35Cl2N3O3. The maximum atomic E-state index is 13.3. The molecule has 1 fully saturated rings. The van der Waals surface area contributed by atoms with Crippen LogP contribution in [0.2, 0.25) is 10.0 Å². The lowest BCUT2D eigenvalue weighted by atomic mass is 9.94. The third kappa shape index (κ3) is 6.92. The van der Waals surface area contributed by atoms with Gasteiger partial charge < -0.3 is 24.3 Å². The molecule has 0 bridgehead atoms. The topological polar surface area (TPSA) is 55.7 Å². The number of nitrogens with zero attached hydrogens (tertiary/aromatic N) is 2. The van der Waals surface area contributed by atoms with E-state index < -0.39 is 0 Å². The first-order chi connectivity index (χ1) is 19.5. The summed E-state index contributed by atoms with van der Waals surface area (Å²) in [6, 6.07) is 20.9. The zero-order valence-corrected chi connectivity index (χ0v) is 24.3. The van der Waals surface area contributed by atoms with Gasteiger partial charge in [0.2, 0.25) is 0 Å². The van der Waals surface area contributed by atoms with E-state index in [0.717, 1.165) is 68.0 Å². The molecule has 0 aliphatic carbocycles. The number of halogens is 2. The van der Waals surface area contributed by atoms with Crippen LogP contribution >= 0.6 is 23.2 Å². The first-order valence-electron chi connectivity index (χ1n) is 13.8. The maximum absolute atomic E-state index is 13.3. The number of carbonyl (C=O) groups is 1. The van der Waals surface area contributed by atoms with Crippen LogP contribution < -0.4 is 14.8 Å². The average molecular weight is 581 g/mol. The fraction of sp³-hybridized carbons (Fsp3) is 0.344. The summed E-state index contributed by atoms with van der Waals surface area (Å²) in [6.45, 7) is 4.82. The number of methoxy groups -OCH3 is 1. The predicted molar refractivity (Wildman–Crippen MR) is 163 cm³/mol. The van der Waals surface area contributed by atoms with Gasteiger partial charge in [-0.2, -0.15) is 0 Å². The van der Waals surface area contributed by atoms with Crippen molar-refractivity contribution in [3.63, 3.8) is 0 Å². The highest BCUT2D eigenvalue weighted by Crippen LogP contribution is 2.32. The van der Waals surface area contributed by atoms with E-state index in [9.17, 15) is 4.79 Å². The van der Waals surface area contributed by atoms with Crippen LogP contribution in [0.4, 0.5) is 5.69 Å². The summed E-state index contributed by atoms with van der Waals surface area (Å²) in [5.74, 6) is 2.22. The summed E-state index contributed by atoms with van der Waals surface area (Å²) in [5, 5.41) is 4.65. The van der Waals surface area contributed by atoms with Crippen LogP contribution in [0.5, 0.6) is 11.5 Å². The van der Waals surface area contributed by atoms with Crippen molar-refractivity contribution in [1.29, 1.82) is 0 Å². The summed E-state index contributed by atoms with van der Waals surface area (Å²) >= 11 is 12.2.